The minimum Gasteiger partial charge on any atom is -0.317 e. The molecule has 0 radical (unpaired) electrons. The lowest BCUT2D eigenvalue weighted by molar-refractivity contribution is 0.434. The molecule has 0 aliphatic heterocycles. The monoisotopic (exact) mass is 233 g/mol. The lowest BCUT2D eigenvalue weighted by Crippen LogP contribution is -2.24. The highest BCUT2D eigenvalue weighted by Gasteiger charge is 2.08. The number of rotatable bonds is 8. The van der Waals surface area contributed by atoms with Gasteiger partial charge in [0.15, 0.2) is 0 Å². The quantitative estimate of drug-likeness (QED) is 0.717. The lowest BCUT2D eigenvalue weighted by atomic mass is 9.93. The highest BCUT2D eigenvalue weighted by molar-refractivity contribution is 5.22. The van der Waals surface area contributed by atoms with Gasteiger partial charge in [-0.3, -0.25) is 0 Å². The van der Waals surface area contributed by atoms with Crippen LogP contribution in [0.5, 0.6) is 0 Å². The van der Waals surface area contributed by atoms with Crippen molar-refractivity contribution in [2.24, 2.45) is 5.92 Å². The van der Waals surface area contributed by atoms with Crippen LogP contribution in [0.3, 0.4) is 0 Å². The van der Waals surface area contributed by atoms with Crippen molar-refractivity contribution < 1.29 is 0 Å². The molecule has 1 rings (SSSR count). The molecule has 1 nitrogen and oxygen atoms in total. The maximum Gasteiger partial charge on any atom is -0.00175 e. The second kappa shape index (κ2) is 8.30. The largest absolute Gasteiger partial charge is 0.317 e. The van der Waals surface area contributed by atoms with Gasteiger partial charge in [0.2, 0.25) is 0 Å². The normalized spacial score (nSPS) is 12.6. The van der Waals surface area contributed by atoms with Crippen molar-refractivity contribution >= 4 is 0 Å². The fraction of sp³-hybridized carbons (Fsp3) is 0.625. The smallest absolute Gasteiger partial charge is 0.00175 e. The predicted octanol–water partition coefficient (Wildman–Crippen LogP) is 3.95. The average Bonchev–Trinajstić information content (AvgIpc) is 2.32. The Morgan fingerprint density at radius 1 is 1.24 bits per heavy atom. The molecule has 0 aliphatic rings. The summed E-state index contributed by atoms with van der Waals surface area (Å²) in [5.74, 6) is 0.789. The molecule has 0 bridgehead atoms. The van der Waals surface area contributed by atoms with E-state index in [4.69, 9.17) is 0 Å². The molecule has 96 valence electrons. The molecule has 1 aromatic carbocycles. The van der Waals surface area contributed by atoms with Crippen LogP contribution in [-0.2, 0) is 6.42 Å². The number of hydrogen-bond donors (Lipinski definition) is 1. The van der Waals surface area contributed by atoms with Crippen LogP contribution in [0.4, 0.5) is 0 Å². The van der Waals surface area contributed by atoms with E-state index < -0.39 is 0 Å². The van der Waals surface area contributed by atoms with Crippen LogP contribution in [0.15, 0.2) is 24.3 Å². The van der Waals surface area contributed by atoms with E-state index in [0.717, 1.165) is 19.0 Å². The second-order valence-electron chi connectivity index (χ2n) is 5.01. The summed E-state index contributed by atoms with van der Waals surface area (Å²) in [6.45, 7) is 8.87. The third kappa shape index (κ3) is 5.88. The number of nitrogens with one attached hydrogen (secondary N) is 1. The minimum absolute atomic E-state index is 0.789. The summed E-state index contributed by atoms with van der Waals surface area (Å²) in [6, 6.07) is 8.94. The van der Waals surface area contributed by atoms with Crippen molar-refractivity contribution in [3.05, 3.63) is 35.4 Å². The van der Waals surface area contributed by atoms with Crippen molar-refractivity contribution in [1.82, 2.24) is 5.32 Å². The molecule has 1 unspecified atom stereocenters. The van der Waals surface area contributed by atoms with Crippen LogP contribution < -0.4 is 5.32 Å². The van der Waals surface area contributed by atoms with Crippen LogP contribution >= 0.6 is 0 Å². The molecule has 0 amide bonds. The van der Waals surface area contributed by atoms with Crippen LogP contribution in [0.25, 0.3) is 0 Å². The van der Waals surface area contributed by atoms with Gasteiger partial charge >= 0.3 is 0 Å². The highest BCUT2D eigenvalue weighted by atomic mass is 14.8. The summed E-state index contributed by atoms with van der Waals surface area (Å²) < 4.78 is 0. The average molecular weight is 233 g/mol. The molecular formula is C16H27N. The summed E-state index contributed by atoms with van der Waals surface area (Å²) >= 11 is 0. The summed E-state index contributed by atoms with van der Waals surface area (Å²) in [5, 5.41) is 3.49. The van der Waals surface area contributed by atoms with Crippen molar-refractivity contribution in [3.63, 3.8) is 0 Å². The molecule has 0 aliphatic carbocycles. The molecule has 1 atom stereocenters. The van der Waals surface area contributed by atoms with Gasteiger partial charge in [0.05, 0.1) is 0 Å². The second-order valence-corrected chi connectivity index (χ2v) is 5.01. The van der Waals surface area contributed by atoms with E-state index in [1.54, 1.807) is 0 Å². The van der Waals surface area contributed by atoms with E-state index >= 15 is 0 Å². The minimum atomic E-state index is 0.789. The first-order valence-corrected chi connectivity index (χ1v) is 7.02. The Labute approximate surface area is 107 Å². The SMILES string of the molecule is CCCCC(CNCC)Cc1cccc(C)c1. The van der Waals surface area contributed by atoms with Gasteiger partial charge in [-0.05, 0) is 44.3 Å². The zero-order chi connectivity index (χ0) is 12.5. The first kappa shape index (κ1) is 14.2. The summed E-state index contributed by atoms with van der Waals surface area (Å²) in [6.07, 6.45) is 5.21. The number of hydrogen-bond acceptors (Lipinski definition) is 1. The molecule has 1 aromatic rings. The number of aryl methyl sites for hydroxylation is 1. The van der Waals surface area contributed by atoms with Gasteiger partial charge in [0.25, 0.3) is 0 Å². The molecule has 1 N–H and O–H groups in total. The Bertz CT molecular complexity index is 298. The number of unbranched alkanes of at least 4 members (excludes halogenated alkanes) is 1. The van der Waals surface area contributed by atoms with Crippen LogP contribution in [-0.4, -0.2) is 13.1 Å². The van der Waals surface area contributed by atoms with E-state index in [-0.39, 0.29) is 0 Å². The molecular weight excluding hydrogens is 206 g/mol. The third-order valence-electron chi connectivity index (χ3n) is 3.26. The predicted molar refractivity (Wildman–Crippen MR) is 76.4 cm³/mol. The first-order valence-electron chi connectivity index (χ1n) is 7.02. The summed E-state index contributed by atoms with van der Waals surface area (Å²) in [5.41, 5.74) is 2.86. The molecule has 17 heavy (non-hydrogen) atoms. The van der Waals surface area contributed by atoms with E-state index in [0.29, 0.717) is 0 Å². The molecule has 0 spiro atoms. The molecule has 0 aromatic heterocycles. The molecule has 0 saturated heterocycles. The van der Waals surface area contributed by atoms with Crippen molar-refractivity contribution in [2.45, 2.75) is 46.5 Å². The molecule has 0 saturated carbocycles. The van der Waals surface area contributed by atoms with Crippen LogP contribution in [0, 0.1) is 12.8 Å². The van der Waals surface area contributed by atoms with E-state index in [2.05, 4.69) is 50.4 Å². The van der Waals surface area contributed by atoms with Gasteiger partial charge in [-0.2, -0.15) is 0 Å². The Balaban J connectivity index is 2.51. The molecule has 0 fully saturated rings. The zero-order valence-electron chi connectivity index (χ0n) is 11.6. The summed E-state index contributed by atoms with van der Waals surface area (Å²) in [4.78, 5) is 0. The summed E-state index contributed by atoms with van der Waals surface area (Å²) in [7, 11) is 0. The zero-order valence-corrected chi connectivity index (χ0v) is 11.6. The Kier molecular flexibility index (Phi) is 6.95. The molecule has 1 heteroatoms. The first-order chi connectivity index (χ1) is 8.26. The van der Waals surface area contributed by atoms with Crippen molar-refractivity contribution in [1.29, 1.82) is 0 Å². The van der Waals surface area contributed by atoms with E-state index in [1.807, 2.05) is 0 Å². The fourth-order valence-electron chi connectivity index (χ4n) is 2.29. The number of benzene rings is 1. The Morgan fingerprint density at radius 3 is 2.71 bits per heavy atom. The van der Waals surface area contributed by atoms with Gasteiger partial charge < -0.3 is 5.32 Å². The van der Waals surface area contributed by atoms with Gasteiger partial charge in [-0.15, -0.1) is 0 Å². The van der Waals surface area contributed by atoms with Gasteiger partial charge in [0.1, 0.15) is 0 Å². The van der Waals surface area contributed by atoms with Crippen molar-refractivity contribution in [3.8, 4) is 0 Å². The van der Waals surface area contributed by atoms with Gasteiger partial charge in [0, 0.05) is 0 Å². The topological polar surface area (TPSA) is 12.0 Å². The standard InChI is InChI=1S/C16H27N/c1-4-6-9-16(13-17-5-2)12-15-10-7-8-14(3)11-15/h7-8,10-11,16-17H,4-6,9,12-13H2,1-3H3. The lowest BCUT2D eigenvalue weighted by Gasteiger charge is -2.17. The maximum absolute atomic E-state index is 3.49. The van der Waals surface area contributed by atoms with E-state index in [1.165, 1.54) is 36.8 Å². The van der Waals surface area contributed by atoms with E-state index in [9.17, 15) is 0 Å². The fourth-order valence-corrected chi connectivity index (χ4v) is 2.29. The van der Waals surface area contributed by atoms with Gasteiger partial charge in [-0.25, -0.2) is 0 Å². The van der Waals surface area contributed by atoms with Crippen LogP contribution in [0.2, 0.25) is 0 Å². The Hall–Kier alpha value is -0.820. The van der Waals surface area contributed by atoms with Crippen molar-refractivity contribution in [2.75, 3.05) is 13.1 Å². The Morgan fingerprint density at radius 2 is 2.06 bits per heavy atom. The maximum atomic E-state index is 3.49. The van der Waals surface area contributed by atoms with Crippen LogP contribution in [0.1, 0.15) is 44.2 Å². The molecule has 0 heterocycles. The van der Waals surface area contributed by atoms with Gasteiger partial charge in [-0.1, -0.05) is 56.5 Å². The third-order valence-corrected chi connectivity index (χ3v) is 3.26. The highest BCUT2D eigenvalue weighted by Crippen LogP contribution is 2.15.